The number of carbonyl (C=O) groups is 1. The molecule has 0 saturated carbocycles. The second kappa shape index (κ2) is 7.01. The van der Waals surface area contributed by atoms with Gasteiger partial charge in [0, 0.05) is 0 Å². The molecule has 0 aromatic heterocycles. The molecule has 0 amide bonds. The Balaban J connectivity index is 1.68. The Kier molecular flexibility index (Phi) is 4.81. The van der Waals surface area contributed by atoms with E-state index >= 15 is 0 Å². The highest BCUT2D eigenvalue weighted by Crippen LogP contribution is 2.29. The van der Waals surface area contributed by atoms with E-state index in [4.69, 9.17) is 18.9 Å². The van der Waals surface area contributed by atoms with Gasteiger partial charge in [-0.05, 0) is 23.8 Å². The van der Waals surface area contributed by atoms with Gasteiger partial charge in [0.15, 0.2) is 6.10 Å². The minimum Gasteiger partial charge on any atom is -0.497 e. The summed E-state index contributed by atoms with van der Waals surface area (Å²) in [6.07, 6.45) is -0.889. The first kappa shape index (κ1) is 16.5. The fourth-order valence-electron chi connectivity index (χ4n) is 2.75. The Labute approximate surface area is 139 Å². The van der Waals surface area contributed by atoms with E-state index in [1.807, 2.05) is 6.07 Å². The highest BCUT2D eigenvalue weighted by atomic mass is 16.6. The zero-order chi connectivity index (χ0) is 17.1. The van der Waals surface area contributed by atoms with Crippen molar-refractivity contribution in [3.63, 3.8) is 0 Å². The first-order valence-corrected chi connectivity index (χ1v) is 7.50. The van der Waals surface area contributed by atoms with E-state index in [1.54, 1.807) is 31.4 Å². The van der Waals surface area contributed by atoms with Crippen molar-refractivity contribution < 1.29 is 28.8 Å². The molecule has 1 N–H and O–H groups in total. The van der Waals surface area contributed by atoms with Crippen LogP contribution in [0.1, 0.15) is 5.56 Å². The molecule has 2 heterocycles. The van der Waals surface area contributed by atoms with Crippen LogP contribution in [0.3, 0.4) is 0 Å². The summed E-state index contributed by atoms with van der Waals surface area (Å²) in [5, 5.41) is 18.9. The fraction of sp³-hybridized carbons (Fsp3) is 0.412. The highest BCUT2D eigenvalue weighted by molar-refractivity contribution is 5.98. The summed E-state index contributed by atoms with van der Waals surface area (Å²) >= 11 is 0. The molecule has 126 valence electrons. The molecule has 0 spiro atoms. The summed E-state index contributed by atoms with van der Waals surface area (Å²) in [6.45, 7) is 0.287. The molecule has 4 atom stereocenters. The highest BCUT2D eigenvalue weighted by Gasteiger charge is 2.49. The molecule has 0 aliphatic carbocycles. The number of aliphatic hydroxyl groups is 1. The van der Waals surface area contributed by atoms with Crippen molar-refractivity contribution in [2.75, 3.05) is 20.3 Å². The zero-order valence-corrected chi connectivity index (χ0v) is 13.0. The Morgan fingerprint density at radius 3 is 2.67 bits per heavy atom. The van der Waals surface area contributed by atoms with Gasteiger partial charge in [-0.25, -0.2) is 4.79 Å². The summed E-state index contributed by atoms with van der Waals surface area (Å²) in [5.41, 5.74) is 0.555. The van der Waals surface area contributed by atoms with E-state index in [-0.39, 0.29) is 18.8 Å². The van der Waals surface area contributed by atoms with Gasteiger partial charge in [-0.2, -0.15) is 5.26 Å². The Hall–Kier alpha value is -2.40. The molecule has 2 aliphatic rings. The molecule has 1 aromatic rings. The summed E-state index contributed by atoms with van der Waals surface area (Å²) in [5.74, 6) is -0.0631. The Morgan fingerprint density at radius 2 is 2.00 bits per heavy atom. The lowest BCUT2D eigenvalue weighted by atomic mass is 10.1. The lowest BCUT2D eigenvalue weighted by Crippen LogP contribution is -2.34. The second-order valence-corrected chi connectivity index (χ2v) is 5.55. The maximum Gasteiger partial charge on any atom is 0.349 e. The van der Waals surface area contributed by atoms with Gasteiger partial charge in [0.05, 0.1) is 20.3 Å². The maximum absolute atomic E-state index is 12.2. The molecule has 7 heteroatoms. The van der Waals surface area contributed by atoms with Gasteiger partial charge in [0.25, 0.3) is 0 Å². The molecule has 3 rings (SSSR count). The second-order valence-electron chi connectivity index (χ2n) is 5.55. The van der Waals surface area contributed by atoms with E-state index in [1.165, 1.54) is 6.08 Å². The summed E-state index contributed by atoms with van der Waals surface area (Å²) in [6, 6.07) is 8.77. The minimum absolute atomic E-state index is 0.123. The number of benzene rings is 1. The first-order valence-electron chi connectivity index (χ1n) is 7.50. The van der Waals surface area contributed by atoms with Crippen molar-refractivity contribution in [2.45, 2.75) is 24.4 Å². The summed E-state index contributed by atoms with van der Waals surface area (Å²) in [7, 11) is 1.56. The van der Waals surface area contributed by atoms with Crippen molar-refractivity contribution in [1.29, 1.82) is 5.26 Å². The quantitative estimate of drug-likeness (QED) is 0.492. The van der Waals surface area contributed by atoms with Crippen LogP contribution < -0.4 is 4.74 Å². The number of ether oxygens (including phenoxy) is 4. The van der Waals surface area contributed by atoms with Crippen LogP contribution >= 0.6 is 0 Å². The van der Waals surface area contributed by atoms with Crippen molar-refractivity contribution in [3.8, 4) is 11.8 Å². The number of hydrogen-bond donors (Lipinski definition) is 1. The van der Waals surface area contributed by atoms with Crippen molar-refractivity contribution in [3.05, 3.63) is 35.4 Å². The van der Waals surface area contributed by atoms with E-state index in [0.29, 0.717) is 11.3 Å². The van der Waals surface area contributed by atoms with Crippen LogP contribution in [0.25, 0.3) is 6.08 Å². The van der Waals surface area contributed by atoms with Gasteiger partial charge in [-0.15, -0.1) is 0 Å². The lowest BCUT2D eigenvalue weighted by Gasteiger charge is -2.16. The van der Waals surface area contributed by atoms with Gasteiger partial charge in [-0.3, -0.25) is 0 Å². The van der Waals surface area contributed by atoms with Crippen molar-refractivity contribution in [1.82, 2.24) is 0 Å². The van der Waals surface area contributed by atoms with Crippen LogP contribution in [-0.2, 0) is 19.0 Å². The van der Waals surface area contributed by atoms with E-state index in [0.717, 1.165) is 0 Å². The van der Waals surface area contributed by atoms with Crippen LogP contribution in [0.5, 0.6) is 5.75 Å². The standard InChI is InChI=1S/C17H17NO6/c1-21-12-4-2-10(3-5-12)6-11(7-18)17(20)24-14-9-23-15-13(19)8-22-16(14)15/h2-6,13-16,19H,8-9H2,1H3. The predicted octanol–water partition coefficient (Wildman–Crippen LogP) is 0.672. The average Bonchev–Trinajstić information content (AvgIpc) is 3.17. The molecule has 24 heavy (non-hydrogen) atoms. The topological polar surface area (TPSA) is 98.0 Å². The third-order valence-electron chi connectivity index (χ3n) is 4.01. The summed E-state index contributed by atoms with van der Waals surface area (Å²) in [4.78, 5) is 12.2. The molecule has 4 unspecified atom stereocenters. The third-order valence-corrected chi connectivity index (χ3v) is 4.01. The molecular weight excluding hydrogens is 314 g/mol. The number of nitriles is 1. The number of carbonyl (C=O) groups excluding carboxylic acids is 1. The number of nitrogens with zero attached hydrogens (tertiary/aromatic N) is 1. The van der Waals surface area contributed by atoms with Crippen molar-refractivity contribution >= 4 is 12.0 Å². The summed E-state index contributed by atoms with van der Waals surface area (Å²) < 4.78 is 21.2. The van der Waals surface area contributed by atoms with E-state index in [2.05, 4.69) is 0 Å². The third kappa shape index (κ3) is 3.26. The van der Waals surface area contributed by atoms with Gasteiger partial charge >= 0.3 is 5.97 Å². The molecule has 0 radical (unpaired) electrons. The Bertz CT molecular complexity index is 677. The molecule has 1 aromatic carbocycles. The average molecular weight is 331 g/mol. The Morgan fingerprint density at radius 1 is 1.29 bits per heavy atom. The monoisotopic (exact) mass is 331 g/mol. The molecular formula is C17H17NO6. The molecule has 2 fully saturated rings. The van der Waals surface area contributed by atoms with Gasteiger partial charge < -0.3 is 24.1 Å². The number of rotatable bonds is 4. The van der Waals surface area contributed by atoms with Crippen LogP contribution in [0.4, 0.5) is 0 Å². The number of fused-ring (bicyclic) bond motifs is 1. The molecule has 2 saturated heterocycles. The minimum atomic E-state index is -0.743. The van der Waals surface area contributed by atoms with Crippen LogP contribution in [0.2, 0.25) is 0 Å². The van der Waals surface area contributed by atoms with E-state index < -0.39 is 30.4 Å². The number of hydrogen-bond acceptors (Lipinski definition) is 7. The predicted molar refractivity (Wildman–Crippen MR) is 82.0 cm³/mol. The smallest absolute Gasteiger partial charge is 0.349 e. The largest absolute Gasteiger partial charge is 0.497 e. The normalized spacial score (nSPS) is 29.0. The molecule has 2 aliphatic heterocycles. The fourth-order valence-corrected chi connectivity index (χ4v) is 2.75. The first-order chi connectivity index (χ1) is 11.6. The van der Waals surface area contributed by atoms with Gasteiger partial charge in [-0.1, -0.05) is 12.1 Å². The van der Waals surface area contributed by atoms with E-state index in [9.17, 15) is 15.2 Å². The van der Waals surface area contributed by atoms with Gasteiger partial charge in [0.1, 0.15) is 35.7 Å². The SMILES string of the molecule is COc1ccc(C=C(C#N)C(=O)OC2COC3C(O)COC23)cc1. The zero-order valence-electron chi connectivity index (χ0n) is 13.0. The molecule has 0 bridgehead atoms. The van der Waals surface area contributed by atoms with Crippen molar-refractivity contribution in [2.24, 2.45) is 0 Å². The van der Waals surface area contributed by atoms with Crippen LogP contribution in [0, 0.1) is 11.3 Å². The van der Waals surface area contributed by atoms with Gasteiger partial charge in [0.2, 0.25) is 0 Å². The molecule has 7 nitrogen and oxygen atoms in total. The van der Waals surface area contributed by atoms with Crippen LogP contribution in [-0.4, -0.2) is 55.8 Å². The number of aliphatic hydroxyl groups excluding tert-OH is 1. The lowest BCUT2D eigenvalue weighted by molar-refractivity contribution is -0.148. The van der Waals surface area contributed by atoms with Crippen LogP contribution in [0.15, 0.2) is 29.8 Å². The number of methoxy groups -OCH3 is 1. The number of esters is 1. The maximum atomic E-state index is 12.2.